The maximum absolute atomic E-state index is 11.8. The standard InChI is InChI=1S/C12H12Br2O4/c1-3-5-7(17-9(15)4-2)10-11(14)8(6-13)18-12(10)16/h4,6-7H,2-3,5H2,1H3/b8-6-. The summed E-state index contributed by atoms with van der Waals surface area (Å²) in [6.45, 7) is 5.27. The molecule has 0 fully saturated rings. The van der Waals surface area contributed by atoms with Crippen LogP contribution in [0, 0.1) is 0 Å². The average Bonchev–Trinajstić information content (AvgIpc) is 2.63. The van der Waals surface area contributed by atoms with Crippen molar-refractivity contribution in [2.75, 3.05) is 0 Å². The second-order valence-corrected chi connectivity index (χ2v) is 4.76. The molecule has 0 saturated heterocycles. The molecule has 0 spiro atoms. The Morgan fingerprint density at radius 2 is 2.28 bits per heavy atom. The van der Waals surface area contributed by atoms with Gasteiger partial charge in [0.15, 0.2) is 5.76 Å². The molecule has 0 N–H and O–H groups in total. The topological polar surface area (TPSA) is 52.6 Å². The zero-order valence-electron chi connectivity index (χ0n) is 9.74. The normalized spacial score (nSPS) is 18.8. The molecule has 4 nitrogen and oxygen atoms in total. The Balaban J connectivity index is 3.04. The van der Waals surface area contributed by atoms with Crippen LogP contribution in [0.5, 0.6) is 0 Å². The van der Waals surface area contributed by atoms with Gasteiger partial charge in [-0.05, 0) is 22.4 Å². The zero-order chi connectivity index (χ0) is 13.7. The molecule has 0 aromatic rings. The van der Waals surface area contributed by atoms with Crippen molar-refractivity contribution in [3.8, 4) is 0 Å². The molecule has 0 radical (unpaired) electrons. The Morgan fingerprint density at radius 3 is 2.72 bits per heavy atom. The van der Waals surface area contributed by atoms with Gasteiger partial charge in [-0.1, -0.05) is 35.9 Å². The number of rotatable bonds is 5. The van der Waals surface area contributed by atoms with Crippen LogP contribution in [0.4, 0.5) is 0 Å². The van der Waals surface area contributed by atoms with E-state index in [9.17, 15) is 9.59 Å². The first-order chi connectivity index (χ1) is 8.54. The molecule has 1 unspecified atom stereocenters. The Bertz CT molecular complexity index is 437. The van der Waals surface area contributed by atoms with Gasteiger partial charge in [-0.2, -0.15) is 0 Å². The lowest BCUT2D eigenvalue weighted by Crippen LogP contribution is -2.23. The van der Waals surface area contributed by atoms with Crippen molar-refractivity contribution in [1.29, 1.82) is 0 Å². The summed E-state index contributed by atoms with van der Waals surface area (Å²) in [4.78, 5) is 24.5. The van der Waals surface area contributed by atoms with E-state index >= 15 is 0 Å². The van der Waals surface area contributed by atoms with E-state index in [1.807, 2.05) is 6.92 Å². The number of carbonyl (C=O) groups excluding carboxylic acids is 2. The lowest BCUT2D eigenvalue weighted by molar-refractivity contribution is -0.143. The Morgan fingerprint density at radius 1 is 1.61 bits per heavy atom. The number of esters is 2. The lowest BCUT2D eigenvalue weighted by Gasteiger charge is -2.15. The molecule has 0 saturated carbocycles. The van der Waals surface area contributed by atoms with Gasteiger partial charge in [0.1, 0.15) is 6.10 Å². The van der Waals surface area contributed by atoms with E-state index in [0.29, 0.717) is 22.2 Å². The van der Waals surface area contributed by atoms with Crippen molar-refractivity contribution >= 4 is 43.8 Å². The van der Waals surface area contributed by atoms with E-state index in [1.165, 1.54) is 4.99 Å². The van der Waals surface area contributed by atoms with Crippen LogP contribution in [0.15, 0.2) is 33.5 Å². The fraction of sp³-hybridized carbons (Fsp3) is 0.333. The monoisotopic (exact) mass is 378 g/mol. The second-order valence-electron chi connectivity index (χ2n) is 3.51. The molecular weight excluding hydrogens is 368 g/mol. The fourth-order valence-electron chi connectivity index (χ4n) is 1.48. The summed E-state index contributed by atoms with van der Waals surface area (Å²) >= 11 is 6.37. The van der Waals surface area contributed by atoms with Crippen LogP contribution in [0.3, 0.4) is 0 Å². The van der Waals surface area contributed by atoms with Crippen molar-refractivity contribution in [2.24, 2.45) is 0 Å². The summed E-state index contributed by atoms with van der Waals surface area (Å²) < 4.78 is 10.7. The molecule has 0 aromatic heterocycles. The summed E-state index contributed by atoms with van der Waals surface area (Å²) in [5.41, 5.74) is 0.317. The predicted molar refractivity (Wildman–Crippen MR) is 74.0 cm³/mol. The molecule has 0 bridgehead atoms. The smallest absolute Gasteiger partial charge is 0.344 e. The number of hydrogen-bond acceptors (Lipinski definition) is 4. The number of allylic oxidation sites excluding steroid dienone is 1. The minimum absolute atomic E-state index is 0.317. The van der Waals surface area contributed by atoms with Gasteiger partial charge in [-0.3, -0.25) is 0 Å². The number of halogens is 2. The van der Waals surface area contributed by atoms with Gasteiger partial charge in [0.25, 0.3) is 0 Å². The first kappa shape index (κ1) is 15.2. The highest BCUT2D eigenvalue weighted by Crippen LogP contribution is 2.35. The third kappa shape index (κ3) is 3.32. The van der Waals surface area contributed by atoms with E-state index < -0.39 is 18.0 Å². The summed E-state index contributed by atoms with van der Waals surface area (Å²) in [7, 11) is 0. The van der Waals surface area contributed by atoms with Crippen molar-refractivity contribution in [1.82, 2.24) is 0 Å². The number of cyclic esters (lactones) is 1. The molecular formula is C12H12Br2O4. The number of hydrogen-bond donors (Lipinski definition) is 0. The largest absolute Gasteiger partial charge is 0.454 e. The summed E-state index contributed by atoms with van der Waals surface area (Å²) in [6, 6.07) is 0. The SMILES string of the molecule is C=CC(=O)OC(CCC)C1=C(Br)/C(=C/Br)OC1=O. The Labute approximate surface area is 122 Å². The van der Waals surface area contributed by atoms with E-state index in [0.717, 1.165) is 12.5 Å². The van der Waals surface area contributed by atoms with Crippen LogP contribution in [0.25, 0.3) is 0 Å². The second kappa shape index (κ2) is 6.89. The van der Waals surface area contributed by atoms with Gasteiger partial charge in [0, 0.05) is 11.1 Å². The van der Waals surface area contributed by atoms with E-state index in [4.69, 9.17) is 9.47 Å². The van der Waals surface area contributed by atoms with Gasteiger partial charge in [0.05, 0.1) is 10.1 Å². The van der Waals surface area contributed by atoms with Crippen LogP contribution in [0.2, 0.25) is 0 Å². The molecule has 1 aliphatic rings. The average molecular weight is 380 g/mol. The van der Waals surface area contributed by atoms with Crippen LogP contribution in [0.1, 0.15) is 19.8 Å². The van der Waals surface area contributed by atoms with Crippen molar-refractivity contribution < 1.29 is 19.1 Å². The number of ether oxygens (including phenoxy) is 2. The third-order valence-corrected chi connectivity index (χ3v) is 3.51. The lowest BCUT2D eigenvalue weighted by atomic mass is 10.1. The fourth-order valence-corrected chi connectivity index (χ4v) is 2.72. The van der Waals surface area contributed by atoms with Gasteiger partial charge in [-0.25, -0.2) is 9.59 Å². The van der Waals surface area contributed by atoms with Crippen molar-refractivity contribution in [3.63, 3.8) is 0 Å². The highest BCUT2D eigenvalue weighted by Gasteiger charge is 2.35. The van der Waals surface area contributed by atoms with E-state index in [1.54, 1.807) is 0 Å². The molecule has 1 heterocycles. The molecule has 6 heteroatoms. The van der Waals surface area contributed by atoms with E-state index in [-0.39, 0.29) is 0 Å². The molecule has 18 heavy (non-hydrogen) atoms. The highest BCUT2D eigenvalue weighted by atomic mass is 79.9. The van der Waals surface area contributed by atoms with Gasteiger partial charge in [0.2, 0.25) is 0 Å². The Hall–Kier alpha value is -0.880. The van der Waals surface area contributed by atoms with Crippen LogP contribution in [-0.2, 0) is 19.1 Å². The predicted octanol–water partition coefficient (Wildman–Crippen LogP) is 3.33. The van der Waals surface area contributed by atoms with Crippen molar-refractivity contribution in [3.05, 3.63) is 33.5 Å². The molecule has 0 amide bonds. The minimum atomic E-state index is -0.632. The van der Waals surface area contributed by atoms with E-state index in [2.05, 4.69) is 38.4 Å². The highest BCUT2D eigenvalue weighted by molar-refractivity contribution is 9.12. The van der Waals surface area contributed by atoms with Gasteiger partial charge >= 0.3 is 11.9 Å². The maximum atomic E-state index is 11.8. The van der Waals surface area contributed by atoms with Crippen LogP contribution >= 0.6 is 31.9 Å². The third-order valence-electron chi connectivity index (χ3n) is 2.27. The number of carbonyl (C=O) groups is 2. The quantitative estimate of drug-likeness (QED) is 0.543. The minimum Gasteiger partial charge on any atom is -0.454 e. The summed E-state index contributed by atoms with van der Waals surface area (Å²) in [5.74, 6) is -0.709. The molecule has 1 aliphatic heterocycles. The first-order valence-corrected chi connectivity index (χ1v) is 7.01. The molecule has 0 aliphatic carbocycles. The van der Waals surface area contributed by atoms with Gasteiger partial charge < -0.3 is 9.47 Å². The molecule has 1 rings (SSSR count). The summed E-state index contributed by atoms with van der Waals surface area (Å²) in [6.07, 6.45) is 1.74. The summed E-state index contributed by atoms with van der Waals surface area (Å²) in [5, 5.41) is 0. The molecule has 1 atom stereocenters. The maximum Gasteiger partial charge on any atom is 0.344 e. The molecule has 0 aromatic carbocycles. The Kier molecular flexibility index (Phi) is 5.81. The van der Waals surface area contributed by atoms with Gasteiger partial charge in [-0.15, -0.1) is 0 Å². The molecule has 98 valence electrons. The van der Waals surface area contributed by atoms with Crippen LogP contribution < -0.4 is 0 Å². The van der Waals surface area contributed by atoms with Crippen molar-refractivity contribution in [2.45, 2.75) is 25.9 Å². The first-order valence-electron chi connectivity index (χ1n) is 5.30. The zero-order valence-corrected chi connectivity index (χ0v) is 12.9. The van der Waals surface area contributed by atoms with Crippen LogP contribution in [-0.4, -0.2) is 18.0 Å².